The number of methoxy groups -OCH3 is 2. The van der Waals surface area contributed by atoms with E-state index in [1.165, 1.54) is 62.2 Å². The minimum Gasteiger partial charge on any atom is -0.453 e. The van der Waals surface area contributed by atoms with E-state index in [4.69, 9.17) is 14.7 Å². The van der Waals surface area contributed by atoms with E-state index in [-0.39, 0.29) is 29.3 Å². The number of carbonyl (C=O) groups excluding carboxylic acids is 4. The molecule has 4 aliphatic rings. The number of imidazole rings is 2. The monoisotopic (exact) mass is 776 g/mol. The van der Waals surface area contributed by atoms with Crippen LogP contribution in [0.4, 0.5) is 9.59 Å². The molecular formula is C43H52N8O6. The van der Waals surface area contributed by atoms with E-state index in [1.54, 1.807) is 18.7 Å². The van der Waals surface area contributed by atoms with Crippen molar-refractivity contribution in [3.05, 3.63) is 71.6 Å². The molecule has 2 aliphatic heterocycles. The van der Waals surface area contributed by atoms with Crippen LogP contribution in [0.5, 0.6) is 0 Å². The van der Waals surface area contributed by atoms with Gasteiger partial charge in [0.1, 0.15) is 23.7 Å². The van der Waals surface area contributed by atoms with Gasteiger partial charge in [0.25, 0.3) is 0 Å². The van der Waals surface area contributed by atoms with Crippen LogP contribution in [0.15, 0.2) is 48.8 Å². The molecular weight excluding hydrogens is 725 g/mol. The molecule has 4 atom stereocenters. The lowest BCUT2D eigenvalue weighted by Crippen LogP contribution is -2.46. The van der Waals surface area contributed by atoms with E-state index in [1.807, 2.05) is 17.3 Å². The third-order valence-corrected chi connectivity index (χ3v) is 12.7. The van der Waals surface area contributed by atoms with Crippen LogP contribution in [0.1, 0.15) is 100 Å². The molecule has 14 heteroatoms. The van der Waals surface area contributed by atoms with E-state index in [2.05, 4.69) is 61.7 Å². The van der Waals surface area contributed by atoms with Crippen molar-refractivity contribution in [2.75, 3.05) is 27.3 Å². The number of hydrogen-bond acceptors (Lipinski definition) is 8. The van der Waals surface area contributed by atoms with Crippen molar-refractivity contribution in [1.82, 2.24) is 40.4 Å². The number of carbonyl (C=O) groups is 4. The van der Waals surface area contributed by atoms with Gasteiger partial charge in [-0.05, 0) is 98.4 Å². The first-order valence-electron chi connectivity index (χ1n) is 20.2. The highest BCUT2D eigenvalue weighted by molar-refractivity contribution is 5.86. The highest BCUT2D eigenvalue weighted by Crippen LogP contribution is 2.53. The number of benzene rings is 2. The summed E-state index contributed by atoms with van der Waals surface area (Å²) in [6.07, 6.45) is 12.9. The molecule has 2 aromatic heterocycles. The number of ether oxygens (including phenoxy) is 2. The Labute approximate surface area is 332 Å². The third kappa shape index (κ3) is 7.37. The van der Waals surface area contributed by atoms with E-state index in [9.17, 15) is 19.2 Å². The second-order valence-electron chi connectivity index (χ2n) is 16.2. The van der Waals surface area contributed by atoms with Gasteiger partial charge in [0.2, 0.25) is 11.8 Å². The van der Waals surface area contributed by atoms with Crippen LogP contribution < -0.4 is 10.6 Å². The van der Waals surface area contributed by atoms with Crippen LogP contribution in [0.25, 0.3) is 33.6 Å². The van der Waals surface area contributed by atoms with Crippen molar-refractivity contribution in [3.8, 4) is 33.6 Å². The van der Waals surface area contributed by atoms with Gasteiger partial charge in [-0.3, -0.25) is 9.59 Å². The number of H-pyrrole nitrogens is 2. The summed E-state index contributed by atoms with van der Waals surface area (Å²) in [4.78, 5) is 70.3. The Morgan fingerprint density at radius 3 is 1.70 bits per heavy atom. The van der Waals surface area contributed by atoms with E-state index < -0.39 is 24.3 Å². The zero-order valence-electron chi connectivity index (χ0n) is 33.2. The fourth-order valence-corrected chi connectivity index (χ4v) is 9.76. The van der Waals surface area contributed by atoms with Crippen molar-refractivity contribution >= 4 is 24.0 Å². The fraction of sp³-hybridized carbons (Fsp3) is 0.488. The van der Waals surface area contributed by atoms with Crippen LogP contribution >= 0.6 is 0 Å². The molecule has 2 unspecified atom stereocenters. The molecule has 1 saturated carbocycles. The summed E-state index contributed by atoms with van der Waals surface area (Å²) < 4.78 is 9.38. The molecule has 0 bridgehead atoms. The second kappa shape index (κ2) is 15.7. The highest BCUT2D eigenvalue weighted by Gasteiger charge is 2.42. The molecule has 2 aliphatic carbocycles. The summed E-state index contributed by atoms with van der Waals surface area (Å²) in [5.41, 5.74) is 9.51. The molecule has 4 heterocycles. The third-order valence-electron chi connectivity index (χ3n) is 12.7. The van der Waals surface area contributed by atoms with Gasteiger partial charge < -0.3 is 39.9 Å². The predicted molar refractivity (Wildman–Crippen MR) is 213 cm³/mol. The summed E-state index contributed by atoms with van der Waals surface area (Å²) in [6, 6.07) is 11.3. The van der Waals surface area contributed by atoms with Crippen LogP contribution in [-0.2, 0) is 31.9 Å². The molecule has 300 valence electrons. The van der Waals surface area contributed by atoms with E-state index in [0.29, 0.717) is 13.1 Å². The van der Waals surface area contributed by atoms with Gasteiger partial charge in [0.15, 0.2) is 0 Å². The summed E-state index contributed by atoms with van der Waals surface area (Å²) in [5.74, 6) is 1.19. The number of fused-ring (bicyclic) bond motifs is 1. The quantitative estimate of drug-likeness (QED) is 0.147. The lowest BCUT2D eigenvalue weighted by molar-refractivity contribution is -0.134. The molecule has 3 fully saturated rings. The highest BCUT2D eigenvalue weighted by atomic mass is 16.5. The van der Waals surface area contributed by atoms with Gasteiger partial charge in [-0.1, -0.05) is 49.2 Å². The summed E-state index contributed by atoms with van der Waals surface area (Å²) in [6.45, 7) is 4.56. The molecule has 4 N–H and O–H groups in total. The maximum Gasteiger partial charge on any atom is 0.407 e. The first-order valence-corrected chi connectivity index (χ1v) is 20.2. The Kier molecular flexibility index (Phi) is 10.5. The van der Waals surface area contributed by atoms with Crippen LogP contribution in [0, 0.1) is 5.41 Å². The molecule has 0 radical (unpaired) electrons. The fourth-order valence-electron chi connectivity index (χ4n) is 9.76. The average molecular weight is 777 g/mol. The molecule has 4 amide bonds. The molecule has 2 saturated heterocycles. The predicted octanol–water partition coefficient (Wildman–Crippen LogP) is 6.61. The number of alkyl carbamates (subject to hydrolysis) is 2. The molecule has 57 heavy (non-hydrogen) atoms. The second-order valence-corrected chi connectivity index (χ2v) is 16.2. The van der Waals surface area contributed by atoms with Crippen molar-refractivity contribution in [1.29, 1.82) is 0 Å². The van der Waals surface area contributed by atoms with Crippen molar-refractivity contribution in [3.63, 3.8) is 0 Å². The van der Waals surface area contributed by atoms with Gasteiger partial charge in [-0.25, -0.2) is 19.6 Å². The Morgan fingerprint density at radius 1 is 0.684 bits per heavy atom. The Morgan fingerprint density at radius 2 is 1.16 bits per heavy atom. The smallest absolute Gasteiger partial charge is 0.407 e. The molecule has 14 nitrogen and oxygen atoms in total. The largest absolute Gasteiger partial charge is 0.453 e. The van der Waals surface area contributed by atoms with Crippen molar-refractivity contribution in [2.45, 2.75) is 102 Å². The minimum absolute atomic E-state index is 0.151. The number of nitrogens with one attached hydrogen (secondary N) is 4. The average Bonchev–Trinajstić information content (AvgIpc) is 4.08. The van der Waals surface area contributed by atoms with Gasteiger partial charge in [0, 0.05) is 18.7 Å². The maximum atomic E-state index is 13.4. The Hall–Kier alpha value is -5.66. The van der Waals surface area contributed by atoms with Gasteiger partial charge in [-0.2, -0.15) is 0 Å². The number of hydrogen-bond donors (Lipinski definition) is 4. The van der Waals surface area contributed by atoms with Crippen LogP contribution in [-0.4, -0.2) is 93.1 Å². The zero-order chi connectivity index (χ0) is 39.8. The summed E-state index contributed by atoms with van der Waals surface area (Å²) in [5, 5.41) is 5.19. The first kappa shape index (κ1) is 38.2. The number of amides is 4. The SMILES string of the molecule is COC(=O)N[C@@H](C)C(=O)N1CCCC1c1ncc(-c2ccc(-c3ccc(-c4cnc(C5CCCN5C(=O)[C@@H](C)NC(=O)OC)[nH]4)cc3)c3c2CC2(CCCC2)C3)[nH]1. The lowest BCUT2D eigenvalue weighted by atomic mass is 9.82. The first-order chi connectivity index (χ1) is 27.6. The van der Waals surface area contributed by atoms with Crippen molar-refractivity contribution < 1.29 is 28.7 Å². The maximum absolute atomic E-state index is 13.4. The number of aromatic amines is 2. The van der Waals surface area contributed by atoms with Crippen LogP contribution in [0.2, 0.25) is 0 Å². The standard InChI is InChI=1S/C43H52N8O6/c1-25(46-41(54)56-3)39(52)50-19-7-9-35(50)37-44-23-33(48-37)28-13-11-27(12-14-28)29-15-16-30(32-22-43(21-31(29)32)17-5-6-18-43)34-24-45-38(49-34)36-10-8-20-51(36)40(53)26(2)47-42(55)57-4/h11-16,23-26,35-36H,5-10,17-22H2,1-4H3,(H,44,48)(H,45,49)(H,46,54)(H,47,55)/t25-,26+,35?,36?/m1/s1. The molecule has 8 rings (SSSR count). The number of aromatic nitrogens is 4. The van der Waals surface area contributed by atoms with Gasteiger partial charge in [0.05, 0.1) is 50.1 Å². The summed E-state index contributed by atoms with van der Waals surface area (Å²) in [7, 11) is 2.57. The number of rotatable bonds is 9. The normalized spacial score (nSPS) is 20.7. The Bertz CT molecular complexity index is 2150. The molecule has 4 aromatic rings. The lowest BCUT2D eigenvalue weighted by Gasteiger charge is -2.26. The van der Waals surface area contributed by atoms with Crippen molar-refractivity contribution in [2.24, 2.45) is 5.41 Å². The Balaban J connectivity index is 1.02. The van der Waals surface area contributed by atoms with Crippen LogP contribution in [0.3, 0.4) is 0 Å². The van der Waals surface area contributed by atoms with E-state index in [0.717, 1.165) is 72.7 Å². The number of nitrogens with zero attached hydrogens (tertiary/aromatic N) is 4. The number of likely N-dealkylation sites (tertiary alicyclic amines) is 2. The molecule has 1 spiro atoms. The summed E-state index contributed by atoms with van der Waals surface area (Å²) >= 11 is 0. The van der Waals surface area contributed by atoms with Gasteiger partial charge >= 0.3 is 12.2 Å². The minimum atomic E-state index is -0.704. The zero-order valence-corrected chi connectivity index (χ0v) is 33.2. The topological polar surface area (TPSA) is 175 Å². The van der Waals surface area contributed by atoms with E-state index >= 15 is 0 Å². The van der Waals surface area contributed by atoms with Gasteiger partial charge in [-0.15, -0.1) is 0 Å². The molecule has 2 aromatic carbocycles.